The lowest BCUT2D eigenvalue weighted by atomic mass is 10.2. The third-order valence-corrected chi connectivity index (χ3v) is 2.07. The van der Waals surface area contributed by atoms with E-state index in [1.54, 1.807) is 0 Å². The summed E-state index contributed by atoms with van der Waals surface area (Å²) >= 11 is 0. The van der Waals surface area contributed by atoms with Crippen LogP contribution in [0.2, 0.25) is 0 Å². The minimum atomic E-state index is -0.907. The Labute approximate surface area is 109 Å². The molecule has 6 N–H and O–H groups in total. The Morgan fingerprint density at radius 1 is 1.00 bits per heavy atom. The fourth-order valence-corrected chi connectivity index (χ4v) is 1.28. The van der Waals surface area contributed by atoms with E-state index in [4.69, 9.17) is 16.6 Å². The molecule has 9 nitrogen and oxygen atoms in total. The number of urea groups is 1. The summed E-state index contributed by atoms with van der Waals surface area (Å²) in [5.74, 6) is -2.43. The van der Waals surface area contributed by atoms with E-state index in [1.807, 2.05) is 0 Å². The number of carboxylic acids is 1. The summed E-state index contributed by atoms with van der Waals surface area (Å²) in [7, 11) is 0. The number of nitrogens with zero attached hydrogens (tertiary/aromatic N) is 1. The van der Waals surface area contributed by atoms with Crippen LogP contribution < -0.4 is 16.8 Å². The van der Waals surface area contributed by atoms with Gasteiger partial charge < -0.3 is 26.8 Å². The molecule has 0 saturated heterocycles. The van der Waals surface area contributed by atoms with Gasteiger partial charge in [-0.3, -0.25) is 14.4 Å². The summed E-state index contributed by atoms with van der Waals surface area (Å²) < 4.78 is 0. The molecule has 0 saturated carbocycles. The van der Waals surface area contributed by atoms with Crippen LogP contribution in [-0.2, 0) is 14.4 Å². The first kappa shape index (κ1) is 16.7. The fourth-order valence-electron chi connectivity index (χ4n) is 1.28. The fraction of sp³-hybridized carbons (Fsp3) is 0.600. The Morgan fingerprint density at radius 3 is 1.95 bits per heavy atom. The van der Waals surface area contributed by atoms with Crippen LogP contribution in [0.4, 0.5) is 4.79 Å². The monoisotopic (exact) mass is 274 g/mol. The number of carbonyl (C=O) groups excluding carboxylic acids is 3. The lowest BCUT2D eigenvalue weighted by molar-refractivity contribution is -0.137. The lowest BCUT2D eigenvalue weighted by Gasteiger charge is -2.19. The van der Waals surface area contributed by atoms with E-state index in [0.29, 0.717) is 12.8 Å². The number of nitrogens with one attached hydrogen (secondary N) is 1. The van der Waals surface area contributed by atoms with Gasteiger partial charge in [0.05, 0.1) is 0 Å². The van der Waals surface area contributed by atoms with E-state index in [2.05, 4.69) is 5.32 Å². The Hall–Kier alpha value is -2.32. The van der Waals surface area contributed by atoms with Gasteiger partial charge in [0.2, 0.25) is 11.8 Å². The van der Waals surface area contributed by atoms with Gasteiger partial charge in [-0.25, -0.2) is 4.79 Å². The molecule has 0 aliphatic rings. The number of aliphatic carboxylic acids is 1. The van der Waals surface area contributed by atoms with Crippen molar-refractivity contribution in [1.82, 2.24) is 10.2 Å². The third kappa shape index (κ3) is 9.39. The van der Waals surface area contributed by atoms with Crippen LogP contribution in [0.1, 0.15) is 19.3 Å². The average molecular weight is 274 g/mol. The summed E-state index contributed by atoms with van der Waals surface area (Å²) in [5, 5.41) is 10.9. The first-order chi connectivity index (χ1) is 8.82. The van der Waals surface area contributed by atoms with E-state index in [0.717, 1.165) is 4.90 Å². The molecule has 0 unspecified atom stereocenters. The Balaban J connectivity index is 4.06. The van der Waals surface area contributed by atoms with Gasteiger partial charge in [0.15, 0.2) is 0 Å². The van der Waals surface area contributed by atoms with Crippen molar-refractivity contribution >= 4 is 23.8 Å². The summed E-state index contributed by atoms with van der Waals surface area (Å²) in [5.41, 5.74) is 9.88. The van der Waals surface area contributed by atoms with E-state index < -0.39 is 36.9 Å². The second-order valence-corrected chi connectivity index (χ2v) is 3.87. The van der Waals surface area contributed by atoms with Crippen LogP contribution in [0.25, 0.3) is 0 Å². The lowest BCUT2D eigenvalue weighted by Crippen LogP contribution is -2.48. The molecule has 0 spiro atoms. The van der Waals surface area contributed by atoms with Gasteiger partial charge in [0.1, 0.15) is 13.1 Å². The van der Waals surface area contributed by atoms with Crippen molar-refractivity contribution in [2.75, 3.05) is 19.6 Å². The quantitative estimate of drug-likeness (QED) is 0.366. The van der Waals surface area contributed by atoms with Crippen LogP contribution in [0.15, 0.2) is 0 Å². The molecular weight excluding hydrogens is 256 g/mol. The van der Waals surface area contributed by atoms with E-state index in [1.165, 1.54) is 0 Å². The highest BCUT2D eigenvalue weighted by Gasteiger charge is 2.17. The van der Waals surface area contributed by atoms with Crippen molar-refractivity contribution in [3.05, 3.63) is 0 Å². The Kier molecular flexibility index (Phi) is 7.66. The number of carbonyl (C=O) groups is 4. The van der Waals surface area contributed by atoms with E-state index in [-0.39, 0.29) is 13.0 Å². The maximum atomic E-state index is 11.6. The number of hydrogen-bond acceptors (Lipinski definition) is 4. The topological polar surface area (TPSA) is 156 Å². The normalized spacial score (nSPS) is 9.68. The number of unbranched alkanes of at least 4 members (excludes halogenated alkanes) is 1. The second-order valence-electron chi connectivity index (χ2n) is 3.87. The minimum absolute atomic E-state index is 0.0160. The number of hydrogen-bond donors (Lipinski definition) is 4. The van der Waals surface area contributed by atoms with Crippen LogP contribution in [0, 0.1) is 0 Å². The molecule has 19 heavy (non-hydrogen) atoms. The number of primary amides is 2. The molecule has 108 valence electrons. The predicted molar refractivity (Wildman–Crippen MR) is 64.8 cm³/mol. The summed E-state index contributed by atoms with van der Waals surface area (Å²) in [4.78, 5) is 44.2. The predicted octanol–water partition coefficient (Wildman–Crippen LogP) is -1.78. The molecule has 0 atom stereocenters. The minimum Gasteiger partial charge on any atom is -0.481 e. The summed E-state index contributed by atoms with van der Waals surface area (Å²) in [6.45, 7) is -0.589. The van der Waals surface area contributed by atoms with Crippen LogP contribution in [0.5, 0.6) is 0 Å². The maximum Gasteiger partial charge on any atom is 0.318 e. The Morgan fingerprint density at radius 2 is 1.53 bits per heavy atom. The van der Waals surface area contributed by atoms with Crippen LogP contribution in [-0.4, -0.2) is 53.5 Å². The van der Waals surface area contributed by atoms with Crippen LogP contribution in [0.3, 0.4) is 0 Å². The molecule has 0 aromatic heterocycles. The Bertz CT molecular complexity index is 342. The zero-order valence-corrected chi connectivity index (χ0v) is 10.4. The number of amides is 4. The molecule has 0 rings (SSSR count). The molecule has 9 heteroatoms. The highest BCUT2D eigenvalue weighted by molar-refractivity contribution is 5.87. The molecule has 0 aromatic rings. The maximum absolute atomic E-state index is 11.6. The summed E-state index contributed by atoms with van der Waals surface area (Å²) in [6.07, 6.45) is 0.905. The van der Waals surface area contributed by atoms with Gasteiger partial charge in [0, 0.05) is 13.0 Å². The largest absolute Gasteiger partial charge is 0.481 e. The molecule has 4 amide bonds. The molecule has 0 aliphatic carbocycles. The highest BCUT2D eigenvalue weighted by Crippen LogP contribution is 1.95. The van der Waals surface area contributed by atoms with Crippen molar-refractivity contribution in [2.45, 2.75) is 19.3 Å². The SMILES string of the molecule is NC(=O)CN(CC(N)=O)C(=O)NCCCCC(=O)O. The van der Waals surface area contributed by atoms with Gasteiger partial charge in [0.25, 0.3) is 0 Å². The van der Waals surface area contributed by atoms with Gasteiger partial charge in [-0.05, 0) is 12.8 Å². The third-order valence-electron chi connectivity index (χ3n) is 2.07. The smallest absolute Gasteiger partial charge is 0.318 e. The first-order valence-corrected chi connectivity index (χ1v) is 5.64. The molecule has 0 radical (unpaired) electrons. The highest BCUT2D eigenvalue weighted by atomic mass is 16.4. The van der Waals surface area contributed by atoms with Gasteiger partial charge in [-0.15, -0.1) is 0 Å². The zero-order chi connectivity index (χ0) is 14.8. The molecule has 0 fully saturated rings. The van der Waals surface area contributed by atoms with Gasteiger partial charge in [-0.1, -0.05) is 0 Å². The van der Waals surface area contributed by atoms with Crippen LogP contribution >= 0.6 is 0 Å². The standard InChI is InChI=1S/C10H18N4O5/c11-7(15)5-14(6-8(12)16)10(19)13-4-2-1-3-9(17)18/h1-6H2,(H2,11,15)(H2,12,16)(H,13,19)(H,17,18). The molecule has 0 bridgehead atoms. The number of carboxylic acid groups (broad SMARTS) is 1. The molecular formula is C10H18N4O5. The first-order valence-electron chi connectivity index (χ1n) is 5.64. The van der Waals surface area contributed by atoms with E-state index >= 15 is 0 Å². The van der Waals surface area contributed by atoms with Crippen molar-refractivity contribution < 1.29 is 24.3 Å². The second kappa shape index (κ2) is 8.72. The van der Waals surface area contributed by atoms with Crippen molar-refractivity contribution in [3.63, 3.8) is 0 Å². The molecule has 0 aromatic carbocycles. The number of nitrogens with two attached hydrogens (primary N) is 2. The van der Waals surface area contributed by atoms with Gasteiger partial charge in [-0.2, -0.15) is 0 Å². The average Bonchev–Trinajstić information content (AvgIpc) is 2.25. The van der Waals surface area contributed by atoms with E-state index in [9.17, 15) is 19.2 Å². The number of rotatable bonds is 9. The zero-order valence-electron chi connectivity index (χ0n) is 10.4. The van der Waals surface area contributed by atoms with Crippen molar-refractivity contribution in [2.24, 2.45) is 11.5 Å². The summed E-state index contributed by atoms with van der Waals surface area (Å²) in [6, 6.07) is -0.645. The van der Waals surface area contributed by atoms with Gasteiger partial charge >= 0.3 is 12.0 Å². The van der Waals surface area contributed by atoms with Crippen molar-refractivity contribution in [1.29, 1.82) is 0 Å². The molecule has 0 heterocycles. The van der Waals surface area contributed by atoms with Crippen molar-refractivity contribution in [3.8, 4) is 0 Å². The molecule has 0 aliphatic heterocycles.